The highest BCUT2D eigenvalue weighted by atomic mass is 79.9. The van der Waals surface area contributed by atoms with Gasteiger partial charge < -0.3 is 20.3 Å². The fourth-order valence-corrected chi connectivity index (χ4v) is 13.4. The number of aromatic nitrogens is 3. The van der Waals surface area contributed by atoms with Gasteiger partial charge in [0, 0.05) is 16.4 Å². The first kappa shape index (κ1) is 37.0. The number of fused-ring (bicyclic) bond motifs is 3. The van der Waals surface area contributed by atoms with Crippen molar-refractivity contribution in [2.75, 3.05) is 19.8 Å². The Labute approximate surface area is 305 Å². The van der Waals surface area contributed by atoms with Crippen molar-refractivity contribution in [1.29, 1.82) is 0 Å². The molecule has 3 saturated carbocycles. The second kappa shape index (κ2) is 12.1. The topological polar surface area (TPSA) is 112 Å². The summed E-state index contributed by atoms with van der Waals surface area (Å²) in [5.41, 5.74) is 6.64. The molecule has 0 unspecified atom stereocenters. The first-order chi connectivity index (χ1) is 22.2. The summed E-state index contributed by atoms with van der Waals surface area (Å²) in [6.45, 7) is 24.4. The van der Waals surface area contributed by atoms with Crippen molar-refractivity contribution in [2.24, 2.45) is 68.3 Å². The van der Waals surface area contributed by atoms with Crippen LogP contribution in [0.5, 0.6) is 0 Å². The van der Waals surface area contributed by atoms with Crippen LogP contribution < -0.4 is 5.73 Å². The predicted octanol–water partition coefficient (Wildman–Crippen LogP) is 8.69. The molecule has 0 spiro atoms. The molecule has 1 saturated heterocycles. The van der Waals surface area contributed by atoms with Crippen LogP contribution in [0.15, 0.2) is 21.1 Å². The monoisotopic (exact) mass is 794 g/mol. The van der Waals surface area contributed by atoms with E-state index in [0.717, 1.165) is 38.5 Å². The number of rotatable bonds is 8. The fourth-order valence-electron chi connectivity index (χ4n) is 12.1. The first-order valence-corrected chi connectivity index (χ1v) is 20.0. The van der Waals surface area contributed by atoms with Gasteiger partial charge in [-0.25, -0.2) is 0 Å². The molecule has 5 aliphatic rings. The molecule has 6 rings (SSSR count). The molecule has 2 heterocycles. The van der Waals surface area contributed by atoms with Crippen molar-refractivity contribution >= 4 is 37.8 Å². The van der Waals surface area contributed by atoms with Crippen LogP contribution in [-0.4, -0.2) is 57.3 Å². The van der Waals surface area contributed by atoms with Crippen molar-refractivity contribution in [3.05, 3.63) is 21.1 Å². The van der Waals surface area contributed by atoms with Crippen LogP contribution in [0.4, 0.5) is 0 Å². The van der Waals surface area contributed by atoms with Gasteiger partial charge in [-0.2, -0.15) is 0 Å². The molecule has 2 bridgehead atoms. The SMILES string of the molecule is CC(C)[C@@H](C)[C@@]1(C)CC[C@]2(C)[C@H]3CC[C@@H]4[C@@]5(COC[C@]4(C)[C@@H](OC[C@](C)(N)C(C)C)[C@H](n4c(Br)nnc4Br)C5)C3=CC[C@@]2(C)[C@@H]1C(=O)O. The van der Waals surface area contributed by atoms with E-state index in [2.05, 4.69) is 122 Å². The minimum atomic E-state index is -0.621. The van der Waals surface area contributed by atoms with Crippen LogP contribution in [0, 0.1) is 62.6 Å². The number of hydrogen-bond donors (Lipinski definition) is 2. The van der Waals surface area contributed by atoms with Gasteiger partial charge in [0.2, 0.25) is 9.47 Å². The fraction of sp³-hybridized carbons (Fsp3) is 0.868. The third kappa shape index (κ3) is 5.05. The highest BCUT2D eigenvalue weighted by Crippen LogP contribution is 2.75. The molecule has 4 fully saturated rings. The summed E-state index contributed by atoms with van der Waals surface area (Å²) >= 11 is 7.47. The summed E-state index contributed by atoms with van der Waals surface area (Å²) < 4.78 is 17.3. The molecule has 4 aliphatic carbocycles. The maximum atomic E-state index is 13.5. The molecule has 48 heavy (non-hydrogen) atoms. The molecule has 270 valence electrons. The summed E-state index contributed by atoms with van der Waals surface area (Å²) in [6.07, 6.45) is 8.11. The van der Waals surface area contributed by atoms with Crippen LogP contribution in [0.25, 0.3) is 0 Å². The van der Waals surface area contributed by atoms with Crippen molar-refractivity contribution in [3.63, 3.8) is 0 Å². The van der Waals surface area contributed by atoms with Gasteiger partial charge in [-0.15, -0.1) is 10.2 Å². The van der Waals surface area contributed by atoms with E-state index in [0.29, 0.717) is 53.0 Å². The summed E-state index contributed by atoms with van der Waals surface area (Å²) in [7, 11) is 0. The molecule has 8 nitrogen and oxygen atoms in total. The first-order valence-electron chi connectivity index (χ1n) is 18.4. The maximum absolute atomic E-state index is 13.5. The molecular formula is C38H60Br2N4O4. The number of aliphatic carboxylic acids is 1. The van der Waals surface area contributed by atoms with Crippen molar-refractivity contribution in [2.45, 2.75) is 125 Å². The van der Waals surface area contributed by atoms with Gasteiger partial charge in [0.1, 0.15) is 0 Å². The number of nitrogens with two attached hydrogens (primary N) is 1. The van der Waals surface area contributed by atoms with E-state index in [-0.39, 0.29) is 45.1 Å². The predicted molar refractivity (Wildman–Crippen MR) is 195 cm³/mol. The summed E-state index contributed by atoms with van der Waals surface area (Å²) in [6, 6.07) is -0.0501. The Morgan fingerprint density at radius 3 is 2.31 bits per heavy atom. The normalized spacial score (nSPS) is 44.3. The van der Waals surface area contributed by atoms with Crippen LogP contribution in [0.2, 0.25) is 0 Å². The van der Waals surface area contributed by atoms with E-state index < -0.39 is 17.4 Å². The molecule has 10 heteroatoms. The zero-order chi connectivity index (χ0) is 35.4. The number of carboxylic acid groups (broad SMARTS) is 1. The Morgan fingerprint density at radius 1 is 1.08 bits per heavy atom. The minimum absolute atomic E-state index is 0.0501. The van der Waals surface area contributed by atoms with E-state index in [4.69, 9.17) is 15.2 Å². The number of carboxylic acids is 1. The summed E-state index contributed by atoms with van der Waals surface area (Å²) in [5, 5.41) is 19.9. The van der Waals surface area contributed by atoms with Gasteiger partial charge in [-0.1, -0.05) is 74.0 Å². The molecule has 0 amide bonds. The lowest BCUT2D eigenvalue weighted by Crippen LogP contribution is -2.69. The van der Waals surface area contributed by atoms with Crippen LogP contribution in [0.3, 0.4) is 0 Å². The standard InChI is InChI=1S/C38H60Br2N4O4/c1-21(2)23(5)33(6)15-16-35(8)24-11-12-27-34(7)18-47-20-38(27,25(24)13-14-36(35,9)28(33)30(45)46)17-26(44-31(39)42-43-32(44)40)29(34)48-19-37(10,41)22(3)4/h13,21-24,26-29H,11-12,14-20,41H2,1-10H3,(H,45,46)/t23-,24+,26-,27+,28-,29+,33-,34+,35-,36+,37+,38+/m1/s1. The summed E-state index contributed by atoms with van der Waals surface area (Å²) in [5.74, 6) is 0.648. The summed E-state index contributed by atoms with van der Waals surface area (Å²) in [4.78, 5) is 13.5. The van der Waals surface area contributed by atoms with Gasteiger partial charge in [-0.3, -0.25) is 9.36 Å². The van der Waals surface area contributed by atoms with Crippen molar-refractivity contribution < 1.29 is 19.4 Å². The number of hydrogen-bond acceptors (Lipinski definition) is 6. The Morgan fingerprint density at radius 2 is 1.73 bits per heavy atom. The average Bonchev–Trinajstić information content (AvgIpc) is 3.33. The smallest absolute Gasteiger partial charge is 0.307 e. The average molecular weight is 797 g/mol. The number of nitrogens with zero attached hydrogens (tertiary/aromatic N) is 3. The van der Waals surface area contributed by atoms with E-state index in [9.17, 15) is 9.90 Å². The van der Waals surface area contributed by atoms with Crippen LogP contribution >= 0.6 is 31.9 Å². The quantitative estimate of drug-likeness (QED) is 0.253. The molecule has 12 atom stereocenters. The van der Waals surface area contributed by atoms with Gasteiger partial charge >= 0.3 is 5.97 Å². The molecule has 1 aromatic rings. The molecule has 0 radical (unpaired) electrons. The number of ether oxygens (including phenoxy) is 2. The van der Waals surface area contributed by atoms with Gasteiger partial charge in [0.05, 0.1) is 37.9 Å². The van der Waals surface area contributed by atoms with E-state index in [1.165, 1.54) is 5.57 Å². The number of carbonyl (C=O) groups is 1. The molecular weight excluding hydrogens is 736 g/mol. The Hall–Kier alpha value is -0.810. The molecule has 3 N–H and O–H groups in total. The van der Waals surface area contributed by atoms with Crippen molar-refractivity contribution in [1.82, 2.24) is 14.8 Å². The van der Waals surface area contributed by atoms with Gasteiger partial charge in [0.25, 0.3) is 0 Å². The van der Waals surface area contributed by atoms with Gasteiger partial charge in [0.15, 0.2) is 0 Å². The Balaban J connectivity index is 1.47. The zero-order valence-electron chi connectivity index (χ0n) is 30.9. The zero-order valence-corrected chi connectivity index (χ0v) is 34.1. The minimum Gasteiger partial charge on any atom is -0.481 e. The number of halogens is 2. The molecule has 0 aromatic carbocycles. The highest BCUT2D eigenvalue weighted by Gasteiger charge is 2.72. The Bertz CT molecular complexity index is 1440. The van der Waals surface area contributed by atoms with Crippen molar-refractivity contribution in [3.8, 4) is 0 Å². The third-order valence-corrected chi connectivity index (χ3v) is 17.0. The lowest BCUT2D eigenvalue weighted by Gasteiger charge is -2.71. The molecule has 1 aromatic heterocycles. The Kier molecular flexibility index (Phi) is 9.34. The van der Waals surface area contributed by atoms with E-state index >= 15 is 0 Å². The largest absolute Gasteiger partial charge is 0.481 e. The van der Waals surface area contributed by atoms with Crippen LogP contribution in [-0.2, 0) is 14.3 Å². The number of allylic oxidation sites excluding steroid dienone is 1. The second-order valence-electron chi connectivity index (χ2n) is 18.6. The third-order valence-electron chi connectivity index (χ3n) is 15.9. The lowest BCUT2D eigenvalue weighted by atomic mass is 9.34. The van der Waals surface area contributed by atoms with E-state index in [1.54, 1.807) is 0 Å². The van der Waals surface area contributed by atoms with Gasteiger partial charge in [-0.05, 0) is 123 Å². The lowest BCUT2D eigenvalue weighted by molar-refractivity contribution is -0.252. The van der Waals surface area contributed by atoms with Crippen LogP contribution in [0.1, 0.15) is 114 Å². The highest BCUT2D eigenvalue weighted by molar-refractivity contribution is 9.11. The molecule has 1 aliphatic heterocycles. The second-order valence-corrected chi connectivity index (χ2v) is 20.0. The maximum Gasteiger partial charge on any atom is 0.307 e. The van der Waals surface area contributed by atoms with E-state index in [1.807, 2.05) is 0 Å².